The van der Waals surface area contributed by atoms with E-state index in [4.69, 9.17) is 4.74 Å². The lowest BCUT2D eigenvalue weighted by Crippen LogP contribution is -2.22. The summed E-state index contributed by atoms with van der Waals surface area (Å²) in [5.41, 5.74) is 1.86. The zero-order chi connectivity index (χ0) is 13.4. The number of rotatable bonds is 7. The first-order chi connectivity index (χ1) is 8.71. The van der Waals surface area contributed by atoms with Gasteiger partial charge in [0.05, 0.1) is 12.2 Å². The first-order valence-corrected chi connectivity index (χ1v) is 6.69. The van der Waals surface area contributed by atoms with E-state index in [1.54, 1.807) is 0 Å². The molecule has 0 saturated heterocycles. The largest absolute Gasteiger partial charge is 0.462 e. The highest BCUT2D eigenvalue weighted by molar-refractivity contribution is 5.89. The van der Waals surface area contributed by atoms with Gasteiger partial charge >= 0.3 is 5.97 Å². The minimum atomic E-state index is -0.230. The average Bonchev–Trinajstić information content (AvgIpc) is 2.42. The smallest absolute Gasteiger partial charge is 0.338 e. The topological polar surface area (TPSA) is 29.5 Å². The zero-order valence-electron chi connectivity index (χ0n) is 11.6. The van der Waals surface area contributed by atoms with Crippen LogP contribution in [0, 0.1) is 0 Å². The summed E-state index contributed by atoms with van der Waals surface area (Å²) in [4.78, 5) is 14.0. The Balaban J connectivity index is 2.59. The molecule has 3 heteroatoms. The van der Waals surface area contributed by atoms with Crippen LogP contribution in [0.25, 0.3) is 0 Å². The van der Waals surface area contributed by atoms with Gasteiger partial charge in [-0.1, -0.05) is 32.9 Å². The normalized spacial score (nSPS) is 10.7. The first kappa shape index (κ1) is 14.7. The molecule has 0 radical (unpaired) electrons. The number of esters is 1. The SMILES string of the molecule is CCCOC(=O)c1ccc(CN(CC)CC)cc1. The maximum Gasteiger partial charge on any atom is 0.338 e. The maximum absolute atomic E-state index is 11.6. The second kappa shape index (κ2) is 7.88. The third kappa shape index (κ3) is 4.49. The fourth-order valence-corrected chi connectivity index (χ4v) is 1.73. The van der Waals surface area contributed by atoms with E-state index < -0.39 is 0 Å². The molecular weight excluding hydrogens is 226 g/mol. The van der Waals surface area contributed by atoms with Crippen molar-refractivity contribution in [2.24, 2.45) is 0 Å². The minimum Gasteiger partial charge on any atom is -0.462 e. The fourth-order valence-electron chi connectivity index (χ4n) is 1.73. The molecule has 0 aliphatic carbocycles. The van der Waals surface area contributed by atoms with Crippen molar-refractivity contribution < 1.29 is 9.53 Å². The Morgan fingerprint density at radius 2 is 1.72 bits per heavy atom. The van der Waals surface area contributed by atoms with E-state index in [-0.39, 0.29) is 5.97 Å². The van der Waals surface area contributed by atoms with Gasteiger partial charge in [0.15, 0.2) is 0 Å². The van der Waals surface area contributed by atoms with Crippen LogP contribution in [0.15, 0.2) is 24.3 Å². The molecule has 0 fully saturated rings. The van der Waals surface area contributed by atoms with E-state index in [2.05, 4.69) is 18.7 Å². The van der Waals surface area contributed by atoms with E-state index in [0.29, 0.717) is 12.2 Å². The molecule has 100 valence electrons. The molecule has 1 rings (SSSR count). The molecule has 0 amide bonds. The standard InChI is InChI=1S/C15H23NO2/c1-4-11-18-15(17)14-9-7-13(8-10-14)12-16(5-2)6-3/h7-10H,4-6,11-12H2,1-3H3. The van der Waals surface area contributed by atoms with Crippen molar-refractivity contribution in [2.45, 2.75) is 33.7 Å². The summed E-state index contributed by atoms with van der Waals surface area (Å²) in [6, 6.07) is 7.69. The highest BCUT2D eigenvalue weighted by Gasteiger charge is 2.07. The molecule has 0 aliphatic rings. The Labute approximate surface area is 110 Å². The molecule has 0 saturated carbocycles. The summed E-state index contributed by atoms with van der Waals surface area (Å²) >= 11 is 0. The summed E-state index contributed by atoms with van der Waals surface area (Å²) in [6.45, 7) is 9.78. The van der Waals surface area contributed by atoms with E-state index in [0.717, 1.165) is 26.1 Å². The second-order valence-electron chi connectivity index (χ2n) is 4.29. The highest BCUT2D eigenvalue weighted by atomic mass is 16.5. The predicted molar refractivity (Wildman–Crippen MR) is 73.6 cm³/mol. The molecule has 0 N–H and O–H groups in total. The van der Waals surface area contributed by atoms with Gasteiger partial charge in [0.1, 0.15) is 0 Å². The van der Waals surface area contributed by atoms with E-state index in [9.17, 15) is 4.79 Å². The van der Waals surface area contributed by atoms with E-state index in [1.807, 2.05) is 31.2 Å². The van der Waals surface area contributed by atoms with Crippen LogP contribution in [0.5, 0.6) is 0 Å². The summed E-state index contributed by atoms with van der Waals surface area (Å²) in [5, 5.41) is 0. The quantitative estimate of drug-likeness (QED) is 0.695. The maximum atomic E-state index is 11.6. The van der Waals surface area contributed by atoms with E-state index >= 15 is 0 Å². The number of hydrogen-bond donors (Lipinski definition) is 0. The van der Waals surface area contributed by atoms with Crippen molar-refractivity contribution in [3.05, 3.63) is 35.4 Å². The van der Waals surface area contributed by atoms with Gasteiger partial charge < -0.3 is 4.74 Å². The molecule has 0 aromatic heterocycles. The Morgan fingerprint density at radius 3 is 2.22 bits per heavy atom. The summed E-state index contributed by atoms with van der Waals surface area (Å²) in [7, 11) is 0. The number of carbonyl (C=O) groups excluding carboxylic acids is 1. The van der Waals surface area contributed by atoms with Gasteiger partial charge in [-0.3, -0.25) is 4.90 Å². The lowest BCUT2D eigenvalue weighted by atomic mass is 10.1. The van der Waals surface area contributed by atoms with Crippen LogP contribution in [-0.2, 0) is 11.3 Å². The number of hydrogen-bond acceptors (Lipinski definition) is 3. The molecule has 0 spiro atoms. The summed E-state index contributed by atoms with van der Waals surface area (Å²) in [6.07, 6.45) is 0.853. The number of ether oxygens (including phenoxy) is 1. The Hall–Kier alpha value is -1.35. The average molecular weight is 249 g/mol. The molecular formula is C15H23NO2. The van der Waals surface area contributed by atoms with E-state index in [1.165, 1.54) is 5.56 Å². The van der Waals surface area contributed by atoms with Crippen LogP contribution < -0.4 is 0 Å². The zero-order valence-corrected chi connectivity index (χ0v) is 11.6. The molecule has 0 bridgehead atoms. The van der Waals surface area contributed by atoms with Gasteiger partial charge in [-0.05, 0) is 37.2 Å². The van der Waals surface area contributed by atoms with Gasteiger partial charge in [-0.2, -0.15) is 0 Å². The van der Waals surface area contributed by atoms with Crippen molar-refractivity contribution in [3.63, 3.8) is 0 Å². The van der Waals surface area contributed by atoms with Crippen LogP contribution in [0.4, 0.5) is 0 Å². The molecule has 18 heavy (non-hydrogen) atoms. The van der Waals surface area contributed by atoms with Crippen molar-refractivity contribution in [3.8, 4) is 0 Å². The van der Waals surface area contributed by atoms with Gasteiger partial charge in [0.2, 0.25) is 0 Å². The Kier molecular flexibility index (Phi) is 6.44. The molecule has 3 nitrogen and oxygen atoms in total. The molecule has 1 aromatic rings. The second-order valence-corrected chi connectivity index (χ2v) is 4.29. The Bertz CT molecular complexity index is 355. The lowest BCUT2D eigenvalue weighted by Gasteiger charge is -2.17. The fraction of sp³-hybridized carbons (Fsp3) is 0.533. The van der Waals surface area contributed by atoms with Gasteiger partial charge in [0, 0.05) is 6.54 Å². The molecule has 0 unspecified atom stereocenters. The molecule has 0 heterocycles. The third-order valence-electron chi connectivity index (χ3n) is 2.93. The number of nitrogens with zero attached hydrogens (tertiary/aromatic N) is 1. The lowest BCUT2D eigenvalue weighted by molar-refractivity contribution is 0.0505. The summed E-state index contributed by atoms with van der Waals surface area (Å²) < 4.78 is 5.09. The third-order valence-corrected chi connectivity index (χ3v) is 2.93. The monoisotopic (exact) mass is 249 g/mol. The number of carbonyl (C=O) groups is 1. The predicted octanol–water partition coefficient (Wildman–Crippen LogP) is 3.10. The van der Waals surface area contributed by atoms with Crippen molar-refractivity contribution >= 4 is 5.97 Å². The van der Waals surface area contributed by atoms with Crippen LogP contribution >= 0.6 is 0 Å². The van der Waals surface area contributed by atoms with Crippen LogP contribution in [0.3, 0.4) is 0 Å². The molecule has 0 aliphatic heterocycles. The van der Waals surface area contributed by atoms with Gasteiger partial charge in [-0.15, -0.1) is 0 Å². The number of benzene rings is 1. The van der Waals surface area contributed by atoms with Gasteiger partial charge in [-0.25, -0.2) is 4.79 Å². The van der Waals surface area contributed by atoms with Crippen LogP contribution in [-0.4, -0.2) is 30.6 Å². The van der Waals surface area contributed by atoms with Crippen LogP contribution in [0.1, 0.15) is 43.1 Å². The highest BCUT2D eigenvalue weighted by Crippen LogP contribution is 2.08. The van der Waals surface area contributed by atoms with Crippen LogP contribution in [0.2, 0.25) is 0 Å². The molecule has 0 atom stereocenters. The summed E-state index contributed by atoms with van der Waals surface area (Å²) in [5.74, 6) is -0.230. The van der Waals surface area contributed by atoms with Crippen molar-refractivity contribution in [1.82, 2.24) is 4.90 Å². The van der Waals surface area contributed by atoms with Gasteiger partial charge in [0.25, 0.3) is 0 Å². The minimum absolute atomic E-state index is 0.230. The Morgan fingerprint density at radius 1 is 1.11 bits per heavy atom. The van der Waals surface area contributed by atoms with Crippen molar-refractivity contribution in [1.29, 1.82) is 0 Å². The molecule has 1 aromatic carbocycles. The first-order valence-electron chi connectivity index (χ1n) is 6.69. The van der Waals surface area contributed by atoms with Crippen molar-refractivity contribution in [2.75, 3.05) is 19.7 Å².